The Labute approximate surface area is 112 Å². The average molecular weight is 266 g/mol. The highest BCUT2D eigenvalue weighted by molar-refractivity contribution is 5.69. The van der Waals surface area contributed by atoms with Gasteiger partial charge in [0, 0.05) is 30.8 Å². The van der Waals surface area contributed by atoms with Crippen molar-refractivity contribution in [3.63, 3.8) is 0 Å². The summed E-state index contributed by atoms with van der Waals surface area (Å²) in [6, 6.07) is 1.79. The van der Waals surface area contributed by atoms with Crippen molar-refractivity contribution < 1.29 is 13.9 Å². The normalized spacial score (nSPS) is 16.2. The molecule has 4 nitrogen and oxygen atoms in total. The second-order valence-electron chi connectivity index (χ2n) is 5.91. The number of halogens is 1. The second-order valence-corrected chi connectivity index (χ2v) is 5.91. The number of carbonyl (C=O) groups excluding carboxylic acids is 1. The Bertz CT molecular complexity index is 470. The van der Waals surface area contributed by atoms with Crippen molar-refractivity contribution in [1.29, 1.82) is 0 Å². The van der Waals surface area contributed by atoms with Crippen LogP contribution in [-0.2, 0) is 4.74 Å². The fraction of sp³-hybridized carbons (Fsp3) is 0.571. The van der Waals surface area contributed by atoms with Crippen LogP contribution >= 0.6 is 0 Å². The Morgan fingerprint density at radius 2 is 2.11 bits per heavy atom. The van der Waals surface area contributed by atoms with Crippen LogP contribution in [0.5, 0.6) is 0 Å². The highest BCUT2D eigenvalue weighted by Crippen LogP contribution is 2.31. The maximum atomic E-state index is 13.7. The lowest BCUT2D eigenvalue weighted by atomic mass is 9.90. The smallest absolute Gasteiger partial charge is 0.410 e. The lowest BCUT2D eigenvalue weighted by Crippen LogP contribution is -2.50. The molecule has 0 aromatic carbocycles. The van der Waals surface area contributed by atoms with E-state index in [0.29, 0.717) is 18.7 Å². The third-order valence-corrected chi connectivity index (χ3v) is 3.10. The van der Waals surface area contributed by atoms with Gasteiger partial charge in [0.1, 0.15) is 5.60 Å². The lowest BCUT2D eigenvalue weighted by molar-refractivity contribution is 0.00778. The number of amides is 1. The minimum Gasteiger partial charge on any atom is -0.444 e. The SMILES string of the molecule is Cc1ccnc(F)c1C1CN(C(=O)OC(C)(C)C)C1. The molecule has 19 heavy (non-hydrogen) atoms. The highest BCUT2D eigenvalue weighted by atomic mass is 19.1. The van der Waals surface area contributed by atoms with E-state index in [4.69, 9.17) is 4.74 Å². The fourth-order valence-electron chi connectivity index (χ4n) is 2.16. The molecule has 0 radical (unpaired) electrons. The van der Waals surface area contributed by atoms with Crippen molar-refractivity contribution in [2.75, 3.05) is 13.1 Å². The number of pyridine rings is 1. The lowest BCUT2D eigenvalue weighted by Gasteiger charge is -2.40. The van der Waals surface area contributed by atoms with Gasteiger partial charge in [-0.2, -0.15) is 4.39 Å². The summed E-state index contributed by atoms with van der Waals surface area (Å²) in [7, 11) is 0. The Balaban J connectivity index is 1.98. The molecule has 0 N–H and O–H groups in total. The molecule has 1 amide bonds. The zero-order valence-corrected chi connectivity index (χ0v) is 11.7. The summed E-state index contributed by atoms with van der Waals surface area (Å²) in [5.74, 6) is -0.421. The van der Waals surface area contributed by atoms with Crippen molar-refractivity contribution in [3.8, 4) is 0 Å². The van der Waals surface area contributed by atoms with Gasteiger partial charge in [-0.3, -0.25) is 0 Å². The molecule has 0 spiro atoms. The molecule has 5 heteroatoms. The van der Waals surface area contributed by atoms with Gasteiger partial charge in [0.05, 0.1) is 0 Å². The van der Waals surface area contributed by atoms with Gasteiger partial charge in [-0.1, -0.05) is 0 Å². The van der Waals surface area contributed by atoms with E-state index in [9.17, 15) is 9.18 Å². The van der Waals surface area contributed by atoms with Crippen molar-refractivity contribution in [3.05, 3.63) is 29.3 Å². The van der Waals surface area contributed by atoms with E-state index in [1.54, 1.807) is 11.0 Å². The summed E-state index contributed by atoms with van der Waals surface area (Å²) >= 11 is 0. The van der Waals surface area contributed by atoms with Crippen LogP contribution in [0.1, 0.15) is 37.8 Å². The highest BCUT2D eigenvalue weighted by Gasteiger charge is 2.36. The number of aryl methyl sites for hydroxylation is 1. The molecular weight excluding hydrogens is 247 g/mol. The maximum absolute atomic E-state index is 13.7. The third-order valence-electron chi connectivity index (χ3n) is 3.10. The molecule has 1 saturated heterocycles. The van der Waals surface area contributed by atoms with E-state index in [1.165, 1.54) is 6.20 Å². The Hall–Kier alpha value is -1.65. The van der Waals surface area contributed by atoms with E-state index in [-0.39, 0.29) is 12.0 Å². The molecule has 104 valence electrons. The number of aromatic nitrogens is 1. The molecule has 0 bridgehead atoms. The molecule has 2 heterocycles. The summed E-state index contributed by atoms with van der Waals surface area (Å²) in [6.07, 6.45) is 1.11. The summed E-state index contributed by atoms with van der Waals surface area (Å²) in [5, 5.41) is 0. The number of ether oxygens (including phenoxy) is 1. The van der Waals surface area contributed by atoms with Crippen molar-refractivity contribution in [1.82, 2.24) is 9.88 Å². The van der Waals surface area contributed by atoms with E-state index in [1.807, 2.05) is 27.7 Å². The molecule has 1 aromatic rings. The number of carbonyl (C=O) groups is 1. The Morgan fingerprint density at radius 1 is 1.47 bits per heavy atom. The molecule has 2 rings (SSSR count). The molecule has 1 aliphatic rings. The van der Waals surface area contributed by atoms with Crippen LogP contribution in [0.4, 0.5) is 9.18 Å². The summed E-state index contributed by atoms with van der Waals surface area (Å²) in [4.78, 5) is 17.0. The molecule has 0 unspecified atom stereocenters. The minimum atomic E-state index is -0.502. The fourth-order valence-corrected chi connectivity index (χ4v) is 2.16. The van der Waals surface area contributed by atoms with Crippen molar-refractivity contribution in [2.45, 2.75) is 39.2 Å². The van der Waals surface area contributed by atoms with Crippen molar-refractivity contribution in [2.24, 2.45) is 0 Å². The molecule has 1 aromatic heterocycles. The number of hydrogen-bond donors (Lipinski definition) is 0. The van der Waals surface area contributed by atoms with Crippen LogP contribution in [-0.4, -0.2) is 34.7 Å². The van der Waals surface area contributed by atoms with Crippen LogP contribution in [0.25, 0.3) is 0 Å². The maximum Gasteiger partial charge on any atom is 0.410 e. The Kier molecular flexibility index (Phi) is 3.47. The van der Waals surface area contributed by atoms with Gasteiger partial charge in [0.25, 0.3) is 0 Å². The first kappa shape index (κ1) is 13.8. The predicted molar refractivity (Wildman–Crippen MR) is 69.5 cm³/mol. The molecular formula is C14H19FN2O2. The predicted octanol–water partition coefficient (Wildman–Crippen LogP) is 2.86. The second kappa shape index (κ2) is 4.79. The van der Waals surface area contributed by atoms with E-state index in [0.717, 1.165) is 5.56 Å². The first-order valence-corrected chi connectivity index (χ1v) is 6.37. The monoisotopic (exact) mass is 266 g/mol. The van der Waals surface area contributed by atoms with Crippen LogP contribution in [0.2, 0.25) is 0 Å². The zero-order valence-electron chi connectivity index (χ0n) is 11.7. The van der Waals surface area contributed by atoms with Gasteiger partial charge in [-0.05, 0) is 39.3 Å². The van der Waals surface area contributed by atoms with E-state index >= 15 is 0 Å². The van der Waals surface area contributed by atoms with E-state index in [2.05, 4.69) is 4.98 Å². The molecule has 0 aliphatic carbocycles. The summed E-state index contributed by atoms with van der Waals surface area (Å²) in [6.45, 7) is 8.31. The van der Waals surface area contributed by atoms with Crippen LogP contribution in [0.3, 0.4) is 0 Å². The zero-order chi connectivity index (χ0) is 14.2. The average Bonchev–Trinajstić information content (AvgIpc) is 2.17. The largest absolute Gasteiger partial charge is 0.444 e. The number of hydrogen-bond acceptors (Lipinski definition) is 3. The number of nitrogens with zero attached hydrogens (tertiary/aromatic N) is 2. The number of likely N-dealkylation sites (tertiary alicyclic amines) is 1. The van der Waals surface area contributed by atoms with E-state index < -0.39 is 11.5 Å². The van der Waals surface area contributed by atoms with Crippen LogP contribution in [0.15, 0.2) is 12.3 Å². The van der Waals surface area contributed by atoms with Gasteiger partial charge >= 0.3 is 6.09 Å². The van der Waals surface area contributed by atoms with Gasteiger partial charge in [-0.15, -0.1) is 0 Å². The van der Waals surface area contributed by atoms with Gasteiger partial charge in [-0.25, -0.2) is 9.78 Å². The minimum absolute atomic E-state index is 0.0150. The van der Waals surface area contributed by atoms with Gasteiger partial charge in [0.15, 0.2) is 0 Å². The van der Waals surface area contributed by atoms with Crippen molar-refractivity contribution >= 4 is 6.09 Å². The van der Waals surface area contributed by atoms with Gasteiger partial charge < -0.3 is 9.64 Å². The van der Waals surface area contributed by atoms with Crippen LogP contribution in [0, 0.1) is 12.9 Å². The molecule has 1 aliphatic heterocycles. The first-order chi connectivity index (χ1) is 8.78. The third kappa shape index (κ3) is 3.03. The first-order valence-electron chi connectivity index (χ1n) is 6.37. The molecule has 0 atom stereocenters. The molecule has 0 saturated carbocycles. The quantitative estimate of drug-likeness (QED) is 0.734. The Morgan fingerprint density at radius 3 is 2.63 bits per heavy atom. The van der Waals surface area contributed by atoms with Crippen LogP contribution < -0.4 is 0 Å². The summed E-state index contributed by atoms with van der Waals surface area (Å²) < 4.78 is 18.9. The summed E-state index contributed by atoms with van der Waals surface area (Å²) in [5.41, 5.74) is 0.987. The standard InChI is InChI=1S/C14H19FN2O2/c1-9-5-6-16-12(15)11(9)10-7-17(8-10)13(18)19-14(2,3)4/h5-6,10H,7-8H2,1-4H3. The van der Waals surface area contributed by atoms with Gasteiger partial charge in [0.2, 0.25) is 5.95 Å². The number of rotatable bonds is 1. The topological polar surface area (TPSA) is 42.4 Å². The molecule has 1 fully saturated rings.